The van der Waals surface area contributed by atoms with E-state index >= 15 is 0 Å². The predicted molar refractivity (Wildman–Crippen MR) is 125 cm³/mol. The number of β-lactam (4-membered cyclic amide) rings is 1. The Morgan fingerprint density at radius 3 is 2.15 bits per heavy atom. The summed E-state index contributed by atoms with van der Waals surface area (Å²) in [6.45, 7) is 5.26. The number of fused-ring (bicyclic) bond motifs is 1. The summed E-state index contributed by atoms with van der Waals surface area (Å²) in [6.07, 6.45) is 0.423. The number of hydrogen-bond donors (Lipinski definition) is 1. The fourth-order valence-corrected chi connectivity index (χ4v) is 4.91. The number of ether oxygens (including phenoxy) is 2. The second-order valence-corrected chi connectivity index (χ2v) is 9.90. The van der Waals surface area contributed by atoms with Crippen molar-refractivity contribution in [3.63, 3.8) is 0 Å². The number of amides is 2. The minimum absolute atomic E-state index is 0.197. The van der Waals surface area contributed by atoms with Crippen LogP contribution in [0.2, 0.25) is 0 Å². The molecule has 1 fully saturated rings. The zero-order valence-corrected chi connectivity index (χ0v) is 19.5. The summed E-state index contributed by atoms with van der Waals surface area (Å²) in [5.74, 6) is -0.425. The molecule has 2 aromatic rings. The molecule has 2 amide bonds. The molecule has 33 heavy (non-hydrogen) atoms. The minimum atomic E-state index is -0.750. The number of hydrogen-bond acceptors (Lipinski definition) is 6. The van der Waals surface area contributed by atoms with Crippen LogP contribution in [0.4, 0.5) is 4.79 Å². The third kappa shape index (κ3) is 5.06. The van der Waals surface area contributed by atoms with E-state index in [1.165, 1.54) is 16.7 Å². The Bertz CT molecular complexity index is 1030. The van der Waals surface area contributed by atoms with Gasteiger partial charge in [-0.2, -0.15) is 0 Å². The summed E-state index contributed by atoms with van der Waals surface area (Å²) in [7, 11) is 0. The van der Waals surface area contributed by atoms with Crippen LogP contribution < -0.4 is 5.32 Å². The van der Waals surface area contributed by atoms with Gasteiger partial charge in [-0.3, -0.25) is 9.69 Å². The number of carbonyl (C=O) groups is 3. The van der Waals surface area contributed by atoms with Crippen molar-refractivity contribution >= 4 is 29.7 Å². The van der Waals surface area contributed by atoms with Crippen molar-refractivity contribution in [2.75, 3.05) is 5.75 Å². The average molecular weight is 467 g/mol. The van der Waals surface area contributed by atoms with Crippen molar-refractivity contribution in [3.8, 4) is 0 Å². The maximum atomic E-state index is 13.2. The van der Waals surface area contributed by atoms with Crippen LogP contribution in [0.5, 0.6) is 0 Å². The van der Waals surface area contributed by atoms with Gasteiger partial charge in [0.05, 0.1) is 0 Å². The molecule has 2 unspecified atom stereocenters. The summed E-state index contributed by atoms with van der Waals surface area (Å²) in [5.41, 5.74) is 1.19. The molecule has 2 heterocycles. The number of benzene rings is 2. The summed E-state index contributed by atoms with van der Waals surface area (Å²) in [6, 6.07) is 18.2. The minimum Gasteiger partial charge on any atom is -0.448 e. The van der Waals surface area contributed by atoms with Crippen LogP contribution in [0.15, 0.2) is 72.4 Å². The third-order valence-electron chi connectivity index (χ3n) is 5.16. The molecule has 0 radical (unpaired) electrons. The van der Waals surface area contributed by atoms with E-state index in [2.05, 4.69) is 5.32 Å². The molecule has 0 aliphatic carbocycles. The molecule has 0 bridgehead atoms. The monoisotopic (exact) mass is 466 g/mol. The standard InChI is InChI=1S/C25H26N2O5S/c1-25(2,3)32-24(30)26-19-21(28)27-18(14-15-33-22(19)27)23(29)31-20(16-10-6-4-7-11-16)17-12-8-5-9-13-17/h4-14,19-20,22H,15H2,1-3H3,(H,26,30). The van der Waals surface area contributed by atoms with E-state index in [-0.39, 0.29) is 17.0 Å². The van der Waals surface area contributed by atoms with Crippen LogP contribution >= 0.6 is 11.8 Å². The number of thioether (sulfide) groups is 1. The summed E-state index contributed by atoms with van der Waals surface area (Å²) in [4.78, 5) is 39.6. The van der Waals surface area contributed by atoms with Crippen LogP contribution in [0.3, 0.4) is 0 Å². The van der Waals surface area contributed by atoms with E-state index in [0.717, 1.165) is 11.1 Å². The highest BCUT2D eigenvalue weighted by atomic mass is 32.2. The summed E-state index contributed by atoms with van der Waals surface area (Å²) in [5, 5.41) is 2.24. The summed E-state index contributed by atoms with van der Waals surface area (Å²) >= 11 is 1.47. The molecule has 0 aromatic heterocycles. The zero-order valence-electron chi connectivity index (χ0n) is 18.7. The normalized spacial score (nSPS) is 19.8. The number of nitrogens with zero attached hydrogens (tertiary/aromatic N) is 1. The second kappa shape index (κ2) is 9.31. The van der Waals surface area contributed by atoms with E-state index < -0.39 is 29.8 Å². The first-order valence-corrected chi connectivity index (χ1v) is 11.7. The topological polar surface area (TPSA) is 84.9 Å². The Labute approximate surface area is 197 Å². The van der Waals surface area contributed by atoms with E-state index in [1.54, 1.807) is 26.8 Å². The van der Waals surface area contributed by atoms with Crippen molar-refractivity contribution in [2.24, 2.45) is 0 Å². The van der Waals surface area contributed by atoms with Gasteiger partial charge >= 0.3 is 12.1 Å². The molecule has 2 atom stereocenters. The zero-order chi connectivity index (χ0) is 23.6. The number of carbonyl (C=O) groups excluding carboxylic acids is 3. The number of alkyl carbamates (subject to hydrolysis) is 1. The lowest BCUT2D eigenvalue weighted by atomic mass is 10.0. The molecule has 1 saturated heterocycles. The second-order valence-electron chi connectivity index (χ2n) is 8.75. The Morgan fingerprint density at radius 2 is 1.61 bits per heavy atom. The van der Waals surface area contributed by atoms with Gasteiger partial charge in [-0.25, -0.2) is 9.59 Å². The fourth-order valence-electron chi connectivity index (χ4n) is 3.72. The van der Waals surface area contributed by atoms with Gasteiger partial charge in [-0.1, -0.05) is 60.7 Å². The fraction of sp³-hybridized carbons (Fsp3) is 0.320. The Kier molecular flexibility index (Phi) is 6.47. The lowest BCUT2D eigenvalue weighted by Gasteiger charge is -2.48. The van der Waals surface area contributed by atoms with Crippen molar-refractivity contribution in [3.05, 3.63) is 83.6 Å². The third-order valence-corrected chi connectivity index (χ3v) is 6.34. The van der Waals surface area contributed by atoms with Gasteiger partial charge in [0.15, 0.2) is 6.10 Å². The van der Waals surface area contributed by atoms with E-state index in [1.807, 2.05) is 60.7 Å². The molecule has 2 aromatic carbocycles. The molecule has 2 aliphatic heterocycles. The largest absolute Gasteiger partial charge is 0.448 e. The van der Waals surface area contributed by atoms with Gasteiger partial charge in [0.2, 0.25) is 0 Å². The molecule has 8 heteroatoms. The van der Waals surface area contributed by atoms with Gasteiger partial charge in [-0.05, 0) is 38.0 Å². The maximum absolute atomic E-state index is 13.2. The number of nitrogens with one attached hydrogen (secondary N) is 1. The predicted octanol–water partition coefficient (Wildman–Crippen LogP) is 4.01. The SMILES string of the molecule is CC(C)(C)OC(=O)NC1C(=O)N2C(C(=O)OC(c3ccccc3)c3ccccc3)=CCSC12. The molecule has 4 rings (SSSR count). The number of esters is 1. The molecule has 1 N–H and O–H groups in total. The van der Waals surface area contributed by atoms with Crippen LogP contribution in [0.1, 0.15) is 38.0 Å². The van der Waals surface area contributed by atoms with Gasteiger partial charge in [0.1, 0.15) is 22.7 Å². The van der Waals surface area contributed by atoms with Crippen LogP contribution in [0.25, 0.3) is 0 Å². The van der Waals surface area contributed by atoms with Crippen molar-refractivity contribution in [1.82, 2.24) is 10.2 Å². The molecular formula is C25H26N2O5S. The first kappa shape index (κ1) is 22.9. The Hall–Kier alpha value is -3.26. The molecule has 172 valence electrons. The van der Waals surface area contributed by atoms with Crippen molar-refractivity contribution in [2.45, 2.75) is 43.9 Å². The molecule has 2 aliphatic rings. The first-order valence-electron chi connectivity index (χ1n) is 10.7. The highest BCUT2D eigenvalue weighted by Crippen LogP contribution is 2.39. The van der Waals surface area contributed by atoms with Crippen molar-refractivity contribution < 1.29 is 23.9 Å². The van der Waals surface area contributed by atoms with E-state index in [0.29, 0.717) is 5.75 Å². The van der Waals surface area contributed by atoms with Gasteiger partial charge < -0.3 is 14.8 Å². The molecule has 0 spiro atoms. The van der Waals surface area contributed by atoms with Crippen LogP contribution in [-0.4, -0.2) is 45.6 Å². The van der Waals surface area contributed by atoms with Gasteiger partial charge in [0, 0.05) is 5.75 Å². The molecular weight excluding hydrogens is 440 g/mol. The average Bonchev–Trinajstić information content (AvgIpc) is 2.80. The molecule has 0 saturated carbocycles. The van der Waals surface area contributed by atoms with Crippen LogP contribution in [-0.2, 0) is 19.1 Å². The van der Waals surface area contributed by atoms with Gasteiger partial charge in [0.25, 0.3) is 5.91 Å². The van der Waals surface area contributed by atoms with E-state index in [9.17, 15) is 14.4 Å². The maximum Gasteiger partial charge on any atom is 0.408 e. The van der Waals surface area contributed by atoms with Gasteiger partial charge in [-0.15, -0.1) is 11.8 Å². The lowest BCUT2D eigenvalue weighted by molar-refractivity contribution is -0.153. The smallest absolute Gasteiger partial charge is 0.408 e. The van der Waals surface area contributed by atoms with E-state index in [4.69, 9.17) is 9.47 Å². The highest BCUT2D eigenvalue weighted by Gasteiger charge is 2.53. The Morgan fingerprint density at radius 1 is 1.03 bits per heavy atom. The van der Waals surface area contributed by atoms with Crippen LogP contribution in [0, 0.1) is 0 Å². The quantitative estimate of drug-likeness (QED) is 0.529. The number of rotatable bonds is 5. The summed E-state index contributed by atoms with van der Waals surface area (Å²) < 4.78 is 11.2. The molecule has 7 nitrogen and oxygen atoms in total. The Balaban J connectivity index is 1.49. The van der Waals surface area contributed by atoms with Crippen molar-refractivity contribution in [1.29, 1.82) is 0 Å². The first-order chi connectivity index (χ1) is 15.7. The lowest BCUT2D eigenvalue weighted by Crippen LogP contribution is -2.70. The highest BCUT2D eigenvalue weighted by molar-refractivity contribution is 8.00.